The molecule has 0 radical (unpaired) electrons. The summed E-state index contributed by atoms with van der Waals surface area (Å²) in [4.78, 5) is 3.91. The molecule has 0 fully saturated rings. The van der Waals surface area contributed by atoms with Crippen molar-refractivity contribution in [1.29, 1.82) is 15.8 Å². The van der Waals surface area contributed by atoms with E-state index in [1.807, 2.05) is 18.2 Å². The minimum atomic E-state index is -0.00675. The van der Waals surface area contributed by atoms with Gasteiger partial charge >= 0.3 is 0 Å². The van der Waals surface area contributed by atoms with Crippen LogP contribution < -0.4 is 10.5 Å². The first kappa shape index (κ1) is 13.9. The van der Waals surface area contributed by atoms with Gasteiger partial charge in [0.15, 0.2) is 0 Å². The lowest BCUT2D eigenvalue weighted by Gasteiger charge is -2.12. The highest BCUT2D eigenvalue weighted by Crippen LogP contribution is 2.34. The molecule has 0 amide bonds. The molecule has 0 saturated heterocycles. The van der Waals surface area contributed by atoms with Gasteiger partial charge in [0, 0.05) is 5.56 Å². The highest BCUT2D eigenvalue weighted by Gasteiger charge is 2.20. The zero-order valence-corrected chi connectivity index (χ0v) is 11.1. The highest BCUT2D eigenvalue weighted by molar-refractivity contribution is 5.82. The Morgan fingerprint density at radius 2 is 1.62 bits per heavy atom. The molecule has 6 heteroatoms. The molecule has 2 aromatic rings. The van der Waals surface area contributed by atoms with Crippen molar-refractivity contribution < 1.29 is 4.74 Å². The molecule has 0 unspecified atom stereocenters. The van der Waals surface area contributed by atoms with Crippen LogP contribution in [0, 0.1) is 34.0 Å². The Morgan fingerprint density at radius 3 is 2.10 bits per heavy atom. The molecule has 0 atom stereocenters. The van der Waals surface area contributed by atoms with Crippen molar-refractivity contribution in [3.05, 3.63) is 41.0 Å². The number of methoxy groups -OCH3 is 1. The molecular weight excluding hydrogens is 266 g/mol. The number of nitrogen functional groups attached to an aromatic ring is 1. The van der Waals surface area contributed by atoms with E-state index in [1.54, 1.807) is 24.3 Å². The molecule has 2 N–H and O–H groups in total. The van der Waals surface area contributed by atoms with E-state index in [4.69, 9.17) is 15.7 Å². The summed E-state index contributed by atoms with van der Waals surface area (Å²) in [6.45, 7) is 0. The van der Waals surface area contributed by atoms with Gasteiger partial charge in [0.1, 0.15) is 29.1 Å². The van der Waals surface area contributed by atoms with Crippen molar-refractivity contribution in [3.8, 4) is 35.2 Å². The Morgan fingerprint density at radius 1 is 1.00 bits per heavy atom. The van der Waals surface area contributed by atoms with Gasteiger partial charge in [-0.05, 0) is 17.7 Å². The number of ether oxygens (including phenoxy) is 1. The number of anilines is 1. The molecule has 2 rings (SSSR count). The van der Waals surface area contributed by atoms with Crippen LogP contribution in [0.25, 0.3) is 11.1 Å². The van der Waals surface area contributed by atoms with Crippen LogP contribution in [0.15, 0.2) is 24.3 Å². The first-order valence-electron chi connectivity index (χ1n) is 5.84. The predicted molar refractivity (Wildman–Crippen MR) is 74.8 cm³/mol. The Bertz CT molecular complexity index is 820. The van der Waals surface area contributed by atoms with Gasteiger partial charge in [0.2, 0.25) is 5.88 Å². The summed E-state index contributed by atoms with van der Waals surface area (Å²) in [6, 6.07) is 12.4. The van der Waals surface area contributed by atoms with E-state index >= 15 is 0 Å². The van der Waals surface area contributed by atoms with Crippen molar-refractivity contribution in [1.82, 2.24) is 4.98 Å². The predicted octanol–water partition coefficient (Wildman–Crippen LogP) is 1.95. The normalized spacial score (nSPS) is 9.24. The van der Waals surface area contributed by atoms with Gasteiger partial charge in [0.25, 0.3) is 0 Å². The number of hydrogen-bond donors (Lipinski definition) is 1. The van der Waals surface area contributed by atoms with E-state index in [0.29, 0.717) is 16.7 Å². The summed E-state index contributed by atoms with van der Waals surface area (Å²) in [6.07, 6.45) is 0. The third-order valence-electron chi connectivity index (χ3n) is 2.91. The maximum Gasteiger partial charge on any atom is 0.234 e. The minimum Gasteiger partial charge on any atom is -0.480 e. The summed E-state index contributed by atoms with van der Waals surface area (Å²) in [7, 11) is 1.37. The summed E-state index contributed by atoms with van der Waals surface area (Å²) in [5.74, 6) is 0.0565. The number of rotatable bonds is 2. The van der Waals surface area contributed by atoms with Crippen LogP contribution in [-0.2, 0) is 0 Å². The van der Waals surface area contributed by atoms with Gasteiger partial charge in [-0.1, -0.05) is 12.1 Å². The summed E-state index contributed by atoms with van der Waals surface area (Å²) >= 11 is 0. The summed E-state index contributed by atoms with van der Waals surface area (Å²) in [5, 5.41) is 27.4. The average molecular weight is 275 g/mol. The van der Waals surface area contributed by atoms with E-state index in [1.165, 1.54) is 7.11 Å². The Balaban J connectivity index is 2.83. The third-order valence-corrected chi connectivity index (χ3v) is 2.91. The van der Waals surface area contributed by atoms with E-state index < -0.39 is 0 Å². The van der Waals surface area contributed by atoms with E-state index in [9.17, 15) is 10.5 Å². The topological polar surface area (TPSA) is 120 Å². The molecule has 0 aliphatic rings. The molecule has 0 bridgehead atoms. The van der Waals surface area contributed by atoms with Gasteiger partial charge in [-0.3, -0.25) is 0 Å². The zero-order chi connectivity index (χ0) is 15.4. The molecule has 1 heterocycles. The monoisotopic (exact) mass is 275 g/mol. The number of pyridine rings is 1. The third kappa shape index (κ3) is 2.32. The number of aromatic nitrogens is 1. The van der Waals surface area contributed by atoms with Gasteiger partial charge in [-0.2, -0.15) is 20.8 Å². The molecule has 1 aromatic carbocycles. The number of benzene rings is 1. The number of nitrogens with zero attached hydrogens (tertiary/aromatic N) is 4. The fourth-order valence-electron chi connectivity index (χ4n) is 1.95. The molecule has 0 aliphatic carbocycles. The number of hydrogen-bond acceptors (Lipinski definition) is 6. The standard InChI is InChI=1S/C15H9N5O/c1-21-15-12(8-18)13(11(7-17)14(19)20-15)10-4-2-9(6-16)3-5-10/h2-5H,1H3,(H2,19,20). The van der Waals surface area contributed by atoms with Crippen LogP contribution in [0.2, 0.25) is 0 Å². The lowest BCUT2D eigenvalue weighted by atomic mass is 9.96. The van der Waals surface area contributed by atoms with Crippen molar-refractivity contribution in [3.63, 3.8) is 0 Å². The lowest BCUT2D eigenvalue weighted by Crippen LogP contribution is -2.04. The van der Waals surface area contributed by atoms with Gasteiger partial charge in [-0.15, -0.1) is 0 Å². The smallest absolute Gasteiger partial charge is 0.234 e. The second kappa shape index (κ2) is 5.61. The van der Waals surface area contributed by atoms with Crippen LogP contribution in [0.4, 0.5) is 5.82 Å². The molecule has 100 valence electrons. The maximum absolute atomic E-state index is 9.33. The van der Waals surface area contributed by atoms with E-state index in [0.717, 1.165) is 0 Å². The Hall–Kier alpha value is -3.56. The number of nitrogens with two attached hydrogens (primary N) is 1. The van der Waals surface area contributed by atoms with Crippen molar-refractivity contribution in [2.24, 2.45) is 0 Å². The fourth-order valence-corrected chi connectivity index (χ4v) is 1.95. The molecule has 0 spiro atoms. The van der Waals surface area contributed by atoms with Crippen LogP contribution in [-0.4, -0.2) is 12.1 Å². The van der Waals surface area contributed by atoms with Crippen molar-refractivity contribution >= 4 is 5.82 Å². The first-order valence-corrected chi connectivity index (χ1v) is 5.84. The molecule has 6 nitrogen and oxygen atoms in total. The highest BCUT2D eigenvalue weighted by atomic mass is 16.5. The Labute approximate surface area is 121 Å². The summed E-state index contributed by atoms with van der Waals surface area (Å²) in [5.41, 5.74) is 7.41. The molecular formula is C15H9N5O. The largest absolute Gasteiger partial charge is 0.480 e. The van der Waals surface area contributed by atoms with Crippen molar-refractivity contribution in [2.75, 3.05) is 12.8 Å². The number of nitriles is 3. The minimum absolute atomic E-state index is 0.00675. The average Bonchev–Trinajstić information content (AvgIpc) is 2.53. The Kier molecular flexibility index (Phi) is 3.70. The SMILES string of the molecule is COc1nc(N)c(C#N)c(-c2ccc(C#N)cc2)c1C#N. The van der Waals surface area contributed by atoms with Crippen molar-refractivity contribution in [2.45, 2.75) is 0 Å². The molecule has 21 heavy (non-hydrogen) atoms. The zero-order valence-electron chi connectivity index (χ0n) is 11.1. The fraction of sp³-hybridized carbons (Fsp3) is 0.0667. The second-order valence-electron chi connectivity index (χ2n) is 4.04. The second-order valence-corrected chi connectivity index (χ2v) is 4.04. The van der Waals surface area contributed by atoms with Gasteiger partial charge in [-0.25, -0.2) is 0 Å². The molecule has 0 saturated carbocycles. The van der Waals surface area contributed by atoms with Crippen LogP contribution in [0.5, 0.6) is 5.88 Å². The van der Waals surface area contributed by atoms with E-state index in [2.05, 4.69) is 4.98 Å². The van der Waals surface area contributed by atoms with Crippen LogP contribution in [0.3, 0.4) is 0 Å². The van der Waals surface area contributed by atoms with Crippen LogP contribution in [0.1, 0.15) is 16.7 Å². The maximum atomic E-state index is 9.33. The van der Waals surface area contributed by atoms with Gasteiger partial charge < -0.3 is 10.5 Å². The quantitative estimate of drug-likeness (QED) is 0.894. The van der Waals surface area contributed by atoms with E-state index in [-0.39, 0.29) is 22.8 Å². The van der Waals surface area contributed by atoms with Gasteiger partial charge in [0.05, 0.1) is 18.7 Å². The molecule has 0 aliphatic heterocycles. The summed E-state index contributed by atoms with van der Waals surface area (Å²) < 4.78 is 5.05. The first-order chi connectivity index (χ1) is 10.2. The lowest BCUT2D eigenvalue weighted by molar-refractivity contribution is 0.397. The van der Waals surface area contributed by atoms with Crippen LogP contribution >= 0.6 is 0 Å². The molecule has 1 aromatic heterocycles.